The minimum Gasteiger partial charge on any atom is -0.328 e. The number of nitrogens with zero attached hydrogens (tertiary/aromatic N) is 3. The molecule has 0 aliphatic rings. The molecule has 6 heteroatoms. The number of anilines is 2. The summed E-state index contributed by atoms with van der Waals surface area (Å²) in [5, 5.41) is 2.80. The minimum absolute atomic E-state index is 0.00401. The highest BCUT2D eigenvalue weighted by molar-refractivity contribution is 8.00. The molecule has 0 aliphatic carbocycles. The number of aryl methyl sites for hydroxylation is 1. The molecule has 1 amide bonds. The Hall–Kier alpha value is -2.47. The Bertz CT molecular complexity index is 1000. The van der Waals surface area contributed by atoms with Crippen molar-refractivity contribution in [2.45, 2.75) is 58.4 Å². The SMILES string of the molecule is CCN(Sc1ccc(NC(C)=O)cc1)c1ccc2c(c1)nc(C(C)(C)C)n2CC. The van der Waals surface area contributed by atoms with Gasteiger partial charge in [-0.15, -0.1) is 0 Å². The van der Waals surface area contributed by atoms with Crippen molar-refractivity contribution in [2.75, 3.05) is 16.2 Å². The molecule has 0 atom stereocenters. The van der Waals surface area contributed by atoms with Crippen LogP contribution in [0.5, 0.6) is 0 Å². The van der Waals surface area contributed by atoms with Gasteiger partial charge in [0.1, 0.15) is 5.82 Å². The summed E-state index contributed by atoms with van der Waals surface area (Å²) >= 11 is 1.69. The molecule has 0 bridgehead atoms. The van der Waals surface area contributed by atoms with E-state index < -0.39 is 0 Å². The second-order valence-electron chi connectivity index (χ2n) is 8.09. The van der Waals surface area contributed by atoms with Crippen molar-refractivity contribution in [1.82, 2.24) is 9.55 Å². The van der Waals surface area contributed by atoms with Crippen LogP contribution in [-0.4, -0.2) is 22.0 Å². The first kappa shape index (κ1) is 21.2. The van der Waals surface area contributed by atoms with E-state index in [9.17, 15) is 4.79 Å². The van der Waals surface area contributed by atoms with Gasteiger partial charge in [0.2, 0.25) is 5.91 Å². The van der Waals surface area contributed by atoms with Crippen LogP contribution in [0.2, 0.25) is 0 Å². The summed E-state index contributed by atoms with van der Waals surface area (Å²) in [4.78, 5) is 17.3. The maximum absolute atomic E-state index is 11.2. The fourth-order valence-electron chi connectivity index (χ4n) is 3.40. The molecule has 3 rings (SSSR count). The molecule has 154 valence electrons. The largest absolute Gasteiger partial charge is 0.328 e. The smallest absolute Gasteiger partial charge is 0.221 e. The van der Waals surface area contributed by atoms with Crippen LogP contribution in [-0.2, 0) is 16.8 Å². The number of hydrogen-bond donors (Lipinski definition) is 1. The fraction of sp³-hybridized carbons (Fsp3) is 0.391. The normalized spacial score (nSPS) is 11.7. The van der Waals surface area contributed by atoms with E-state index in [0.29, 0.717) is 0 Å². The maximum Gasteiger partial charge on any atom is 0.221 e. The first-order chi connectivity index (χ1) is 13.7. The number of nitrogens with one attached hydrogen (secondary N) is 1. The quantitative estimate of drug-likeness (QED) is 0.518. The van der Waals surface area contributed by atoms with E-state index in [1.165, 1.54) is 12.4 Å². The second kappa shape index (κ2) is 8.49. The van der Waals surface area contributed by atoms with E-state index in [0.717, 1.165) is 40.7 Å². The van der Waals surface area contributed by atoms with Crippen LogP contribution in [0.3, 0.4) is 0 Å². The lowest BCUT2D eigenvalue weighted by Crippen LogP contribution is -2.18. The van der Waals surface area contributed by atoms with Crippen LogP contribution in [0, 0.1) is 0 Å². The molecular formula is C23H30N4OS. The van der Waals surface area contributed by atoms with Crippen LogP contribution in [0.1, 0.15) is 47.4 Å². The Morgan fingerprint density at radius 3 is 2.38 bits per heavy atom. The Kier molecular flexibility index (Phi) is 6.22. The van der Waals surface area contributed by atoms with Gasteiger partial charge in [0.05, 0.1) is 11.0 Å². The zero-order valence-corrected chi connectivity index (χ0v) is 18.9. The molecule has 0 saturated heterocycles. The van der Waals surface area contributed by atoms with Gasteiger partial charge >= 0.3 is 0 Å². The molecule has 1 heterocycles. The van der Waals surface area contributed by atoms with Gasteiger partial charge in [-0.2, -0.15) is 0 Å². The van der Waals surface area contributed by atoms with Gasteiger partial charge in [0.15, 0.2) is 0 Å². The number of aromatic nitrogens is 2. The number of amides is 1. The average Bonchev–Trinajstić information content (AvgIpc) is 3.05. The zero-order chi connectivity index (χ0) is 21.2. The molecule has 3 aromatic rings. The molecule has 5 nitrogen and oxygen atoms in total. The molecule has 0 fully saturated rings. The third kappa shape index (κ3) is 4.75. The highest BCUT2D eigenvalue weighted by atomic mass is 32.2. The van der Waals surface area contributed by atoms with Crippen molar-refractivity contribution in [1.29, 1.82) is 0 Å². The van der Waals surface area contributed by atoms with E-state index in [1.807, 2.05) is 24.3 Å². The van der Waals surface area contributed by atoms with Crippen molar-refractivity contribution in [3.8, 4) is 0 Å². The lowest BCUT2D eigenvalue weighted by molar-refractivity contribution is -0.114. The number of carbonyl (C=O) groups is 1. The van der Waals surface area contributed by atoms with E-state index >= 15 is 0 Å². The molecule has 29 heavy (non-hydrogen) atoms. The van der Waals surface area contributed by atoms with Crippen molar-refractivity contribution < 1.29 is 4.79 Å². The molecule has 0 unspecified atom stereocenters. The lowest BCUT2D eigenvalue weighted by atomic mass is 9.96. The summed E-state index contributed by atoms with van der Waals surface area (Å²) in [7, 11) is 0. The van der Waals surface area contributed by atoms with E-state index in [2.05, 4.69) is 67.0 Å². The van der Waals surface area contributed by atoms with Gasteiger partial charge < -0.3 is 14.2 Å². The highest BCUT2D eigenvalue weighted by Gasteiger charge is 2.22. The summed E-state index contributed by atoms with van der Waals surface area (Å²) in [6, 6.07) is 14.4. The predicted molar refractivity (Wildman–Crippen MR) is 124 cm³/mol. The van der Waals surface area contributed by atoms with Gasteiger partial charge in [-0.25, -0.2) is 4.98 Å². The first-order valence-corrected chi connectivity index (χ1v) is 10.8. The average molecular weight is 411 g/mol. The molecule has 0 spiro atoms. The monoisotopic (exact) mass is 410 g/mol. The number of fused-ring (bicyclic) bond motifs is 1. The Morgan fingerprint density at radius 2 is 1.83 bits per heavy atom. The summed E-state index contributed by atoms with van der Waals surface area (Å²) in [6.45, 7) is 14.2. The van der Waals surface area contributed by atoms with Gasteiger partial charge in [-0.3, -0.25) is 4.79 Å². The fourth-order valence-corrected chi connectivity index (χ4v) is 4.26. The number of benzene rings is 2. The molecule has 0 aliphatic heterocycles. The van der Waals surface area contributed by atoms with E-state index in [-0.39, 0.29) is 11.3 Å². The van der Waals surface area contributed by atoms with E-state index in [4.69, 9.17) is 4.98 Å². The predicted octanol–water partition coefficient (Wildman–Crippen LogP) is 5.85. The Labute approximate surface area is 177 Å². The molecular weight excluding hydrogens is 380 g/mol. The summed E-state index contributed by atoms with van der Waals surface area (Å²) in [5.41, 5.74) is 4.17. The number of imidazole rings is 1. The van der Waals surface area contributed by atoms with Crippen LogP contribution >= 0.6 is 11.9 Å². The topological polar surface area (TPSA) is 50.2 Å². The summed E-state index contributed by atoms with van der Waals surface area (Å²) in [5.74, 6) is 1.06. The molecule has 1 N–H and O–H groups in total. The first-order valence-electron chi connectivity index (χ1n) is 10.1. The van der Waals surface area contributed by atoms with Gasteiger partial charge in [0, 0.05) is 41.7 Å². The molecule has 0 radical (unpaired) electrons. The van der Waals surface area contributed by atoms with Crippen molar-refractivity contribution in [3.63, 3.8) is 0 Å². The van der Waals surface area contributed by atoms with Crippen LogP contribution < -0.4 is 9.62 Å². The number of rotatable bonds is 6. The molecule has 0 saturated carbocycles. The van der Waals surface area contributed by atoms with Crippen LogP contribution in [0.25, 0.3) is 11.0 Å². The third-order valence-electron chi connectivity index (χ3n) is 4.68. The zero-order valence-electron chi connectivity index (χ0n) is 18.1. The number of hydrogen-bond acceptors (Lipinski definition) is 4. The van der Waals surface area contributed by atoms with Crippen molar-refractivity contribution >= 4 is 40.3 Å². The highest BCUT2D eigenvalue weighted by Crippen LogP contribution is 2.33. The van der Waals surface area contributed by atoms with E-state index in [1.54, 1.807) is 11.9 Å². The van der Waals surface area contributed by atoms with Crippen molar-refractivity contribution in [3.05, 3.63) is 48.3 Å². The standard InChI is InChI=1S/C23H30N4OS/c1-7-26-21-14-11-18(15-20(21)25-22(26)23(4,5)6)27(8-2)29-19-12-9-17(10-13-19)24-16(3)28/h9-15H,7-8H2,1-6H3,(H,24,28). The van der Waals surface area contributed by atoms with Gasteiger partial charge in [0.25, 0.3) is 0 Å². The molecule has 1 aromatic heterocycles. The van der Waals surface area contributed by atoms with Crippen LogP contribution in [0.15, 0.2) is 47.4 Å². The van der Waals surface area contributed by atoms with Crippen LogP contribution in [0.4, 0.5) is 11.4 Å². The number of carbonyl (C=O) groups excluding carboxylic acids is 1. The minimum atomic E-state index is -0.0602. The molecule has 2 aromatic carbocycles. The third-order valence-corrected chi connectivity index (χ3v) is 5.86. The summed E-state index contributed by atoms with van der Waals surface area (Å²) < 4.78 is 4.57. The lowest BCUT2D eigenvalue weighted by Gasteiger charge is -2.22. The Balaban J connectivity index is 1.88. The summed E-state index contributed by atoms with van der Waals surface area (Å²) in [6.07, 6.45) is 0. The second-order valence-corrected chi connectivity index (χ2v) is 9.19. The Morgan fingerprint density at radius 1 is 1.14 bits per heavy atom. The van der Waals surface area contributed by atoms with Gasteiger partial charge in [-0.1, -0.05) is 20.8 Å². The van der Waals surface area contributed by atoms with Crippen molar-refractivity contribution in [2.24, 2.45) is 0 Å². The van der Waals surface area contributed by atoms with Gasteiger partial charge in [-0.05, 0) is 68.3 Å². The maximum atomic E-state index is 11.2.